The summed E-state index contributed by atoms with van der Waals surface area (Å²) in [6, 6.07) is 1.48. The van der Waals surface area contributed by atoms with Crippen molar-refractivity contribution < 1.29 is 4.79 Å². The van der Waals surface area contributed by atoms with E-state index in [9.17, 15) is 4.79 Å². The standard InChI is InChI=1S/C9H11N3OS2.ClH/c1-2-5(10)7(13)12-9-11-6-3-4-14-8(6)15-9;/h3-5H,2,10H2,1H3,(H,11,12,13);1H/t5-;/m0./s1. The van der Waals surface area contributed by atoms with E-state index in [0.29, 0.717) is 11.6 Å². The number of hydrogen-bond donors (Lipinski definition) is 2. The minimum atomic E-state index is -0.452. The molecule has 1 amide bonds. The first-order valence-corrected chi connectivity index (χ1v) is 6.30. The predicted octanol–water partition coefficient (Wildman–Crippen LogP) is 2.46. The number of nitrogens with one attached hydrogen (secondary N) is 1. The second kappa shape index (κ2) is 5.58. The van der Waals surface area contributed by atoms with E-state index in [0.717, 1.165) is 9.53 Å². The van der Waals surface area contributed by atoms with Crippen molar-refractivity contribution in [2.45, 2.75) is 19.4 Å². The molecule has 0 aliphatic heterocycles. The van der Waals surface area contributed by atoms with Crippen molar-refractivity contribution in [2.24, 2.45) is 5.73 Å². The summed E-state index contributed by atoms with van der Waals surface area (Å²) in [7, 11) is 0. The molecule has 3 N–H and O–H groups in total. The highest BCUT2D eigenvalue weighted by Crippen LogP contribution is 2.30. The first-order chi connectivity index (χ1) is 7.20. The SMILES string of the molecule is CC[C@H](N)C(=O)Nc1nc2ccsc2s1.Cl. The van der Waals surface area contributed by atoms with E-state index in [1.54, 1.807) is 11.3 Å². The third-order valence-electron chi connectivity index (χ3n) is 2.03. The number of aromatic nitrogens is 1. The van der Waals surface area contributed by atoms with Gasteiger partial charge in [-0.25, -0.2) is 4.98 Å². The van der Waals surface area contributed by atoms with Gasteiger partial charge < -0.3 is 11.1 Å². The minimum absolute atomic E-state index is 0. The van der Waals surface area contributed by atoms with Gasteiger partial charge in [-0.05, 0) is 17.9 Å². The number of fused-ring (bicyclic) bond motifs is 1. The average Bonchev–Trinajstić information content (AvgIpc) is 2.76. The fraction of sp³-hybridized carbons (Fsp3) is 0.333. The summed E-state index contributed by atoms with van der Waals surface area (Å²) in [6.07, 6.45) is 0.631. The number of thiophene rings is 1. The molecule has 0 saturated carbocycles. The summed E-state index contributed by atoms with van der Waals surface area (Å²) in [5.74, 6) is -0.168. The van der Waals surface area contributed by atoms with E-state index in [2.05, 4.69) is 10.3 Å². The van der Waals surface area contributed by atoms with Crippen LogP contribution in [0.15, 0.2) is 11.4 Å². The molecule has 2 rings (SSSR count). The lowest BCUT2D eigenvalue weighted by Crippen LogP contribution is -2.34. The zero-order valence-corrected chi connectivity index (χ0v) is 11.0. The summed E-state index contributed by atoms with van der Waals surface area (Å²) in [5.41, 5.74) is 6.54. The van der Waals surface area contributed by atoms with Crippen molar-refractivity contribution in [2.75, 3.05) is 5.32 Å². The van der Waals surface area contributed by atoms with Gasteiger partial charge in [0.05, 0.1) is 11.6 Å². The first kappa shape index (κ1) is 13.4. The monoisotopic (exact) mass is 277 g/mol. The molecule has 16 heavy (non-hydrogen) atoms. The number of rotatable bonds is 3. The lowest BCUT2D eigenvalue weighted by molar-refractivity contribution is -0.117. The van der Waals surface area contributed by atoms with Gasteiger partial charge in [0, 0.05) is 0 Å². The first-order valence-electron chi connectivity index (χ1n) is 4.61. The molecular formula is C9H12ClN3OS2. The van der Waals surface area contributed by atoms with Gasteiger partial charge in [-0.15, -0.1) is 23.7 Å². The summed E-state index contributed by atoms with van der Waals surface area (Å²) in [4.78, 5) is 15.7. The normalized spacial score (nSPS) is 12.1. The van der Waals surface area contributed by atoms with Gasteiger partial charge >= 0.3 is 0 Å². The molecule has 1 atom stereocenters. The van der Waals surface area contributed by atoms with Crippen LogP contribution in [-0.4, -0.2) is 16.9 Å². The Morgan fingerprint density at radius 1 is 1.69 bits per heavy atom. The summed E-state index contributed by atoms with van der Waals surface area (Å²) in [5, 5.41) is 5.33. The maximum Gasteiger partial charge on any atom is 0.243 e. The third kappa shape index (κ3) is 2.70. The molecule has 0 aliphatic carbocycles. The van der Waals surface area contributed by atoms with Crippen molar-refractivity contribution in [3.8, 4) is 0 Å². The van der Waals surface area contributed by atoms with Gasteiger partial charge in [-0.3, -0.25) is 4.79 Å². The second-order valence-electron chi connectivity index (χ2n) is 3.12. The third-order valence-corrected chi connectivity index (χ3v) is 4.04. The van der Waals surface area contributed by atoms with Crippen LogP contribution in [0.1, 0.15) is 13.3 Å². The van der Waals surface area contributed by atoms with Gasteiger partial charge in [0.2, 0.25) is 5.91 Å². The van der Waals surface area contributed by atoms with Gasteiger partial charge in [0.25, 0.3) is 0 Å². The summed E-state index contributed by atoms with van der Waals surface area (Å²) >= 11 is 3.10. The zero-order chi connectivity index (χ0) is 10.8. The Bertz CT molecular complexity index is 453. The van der Waals surface area contributed by atoms with Crippen LogP contribution in [0.3, 0.4) is 0 Å². The van der Waals surface area contributed by atoms with Crippen molar-refractivity contribution in [3.63, 3.8) is 0 Å². The molecule has 88 valence electrons. The minimum Gasteiger partial charge on any atom is -0.320 e. The largest absolute Gasteiger partial charge is 0.320 e. The fourth-order valence-electron chi connectivity index (χ4n) is 1.10. The van der Waals surface area contributed by atoms with Crippen LogP contribution in [0.25, 0.3) is 9.53 Å². The van der Waals surface area contributed by atoms with Crippen LogP contribution in [-0.2, 0) is 4.79 Å². The number of anilines is 1. The average molecular weight is 278 g/mol. The molecule has 7 heteroatoms. The van der Waals surface area contributed by atoms with Gasteiger partial charge in [0.15, 0.2) is 5.13 Å². The predicted molar refractivity (Wildman–Crippen MR) is 71.6 cm³/mol. The lowest BCUT2D eigenvalue weighted by Gasteiger charge is -2.06. The lowest BCUT2D eigenvalue weighted by atomic mass is 10.2. The molecule has 4 nitrogen and oxygen atoms in total. The smallest absolute Gasteiger partial charge is 0.243 e. The van der Waals surface area contributed by atoms with Gasteiger partial charge in [-0.1, -0.05) is 18.3 Å². The number of nitrogens with zero attached hydrogens (tertiary/aromatic N) is 1. The van der Waals surface area contributed by atoms with Crippen LogP contribution >= 0.6 is 35.1 Å². The Hall–Kier alpha value is -0.690. The van der Waals surface area contributed by atoms with Gasteiger partial charge in [0.1, 0.15) is 4.01 Å². The van der Waals surface area contributed by atoms with Crippen LogP contribution in [0.4, 0.5) is 5.13 Å². The number of carbonyl (C=O) groups is 1. The van der Waals surface area contributed by atoms with E-state index in [1.807, 2.05) is 18.4 Å². The highest BCUT2D eigenvalue weighted by Gasteiger charge is 2.13. The molecule has 2 heterocycles. The molecule has 0 radical (unpaired) electrons. The number of halogens is 1. The summed E-state index contributed by atoms with van der Waals surface area (Å²) in [6.45, 7) is 1.88. The number of hydrogen-bond acceptors (Lipinski definition) is 5. The Kier molecular flexibility index (Phi) is 4.67. The second-order valence-corrected chi connectivity index (χ2v) is 5.29. The van der Waals surface area contributed by atoms with Crippen LogP contribution in [0.2, 0.25) is 0 Å². The van der Waals surface area contributed by atoms with Crippen LogP contribution in [0, 0.1) is 0 Å². The molecule has 0 bridgehead atoms. The van der Waals surface area contributed by atoms with E-state index in [1.165, 1.54) is 11.3 Å². The van der Waals surface area contributed by atoms with E-state index >= 15 is 0 Å². The topological polar surface area (TPSA) is 68.0 Å². The molecule has 0 saturated heterocycles. The maximum atomic E-state index is 11.5. The Balaban J connectivity index is 0.00000128. The highest BCUT2D eigenvalue weighted by atomic mass is 35.5. The molecule has 0 unspecified atom stereocenters. The molecule has 2 aromatic heterocycles. The van der Waals surface area contributed by atoms with E-state index in [-0.39, 0.29) is 18.3 Å². The number of nitrogens with two attached hydrogens (primary N) is 1. The molecule has 0 aliphatic rings. The van der Waals surface area contributed by atoms with Crippen LogP contribution < -0.4 is 11.1 Å². The summed E-state index contributed by atoms with van der Waals surface area (Å²) < 4.78 is 1.12. The van der Waals surface area contributed by atoms with E-state index < -0.39 is 6.04 Å². The number of amides is 1. The fourth-order valence-corrected chi connectivity index (χ4v) is 2.95. The molecule has 0 fully saturated rings. The van der Waals surface area contributed by atoms with Crippen molar-refractivity contribution >= 4 is 55.6 Å². The van der Waals surface area contributed by atoms with Crippen molar-refractivity contribution in [1.29, 1.82) is 0 Å². The molecular weight excluding hydrogens is 266 g/mol. The molecule has 0 spiro atoms. The van der Waals surface area contributed by atoms with Crippen molar-refractivity contribution in [3.05, 3.63) is 11.4 Å². The maximum absolute atomic E-state index is 11.5. The Labute approximate surface area is 107 Å². The molecule has 2 aromatic rings. The zero-order valence-electron chi connectivity index (χ0n) is 8.60. The Morgan fingerprint density at radius 3 is 3.06 bits per heavy atom. The molecule has 0 aromatic carbocycles. The quantitative estimate of drug-likeness (QED) is 0.905. The van der Waals surface area contributed by atoms with Gasteiger partial charge in [-0.2, -0.15) is 0 Å². The number of carbonyl (C=O) groups excluding carboxylic acids is 1. The van der Waals surface area contributed by atoms with Crippen molar-refractivity contribution in [1.82, 2.24) is 4.98 Å². The number of thiazole rings is 1. The highest BCUT2D eigenvalue weighted by molar-refractivity contribution is 7.39. The van der Waals surface area contributed by atoms with E-state index in [4.69, 9.17) is 5.73 Å². The Morgan fingerprint density at radius 2 is 2.44 bits per heavy atom. The van der Waals surface area contributed by atoms with Crippen LogP contribution in [0.5, 0.6) is 0 Å².